The van der Waals surface area contributed by atoms with Gasteiger partial charge in [-0.1, -0.05) is 23.7 Å². The lowest BCUT2D eigenvalue weighted by atomic mass is 10.0. The molecule has 0 aliphatic heterocycles. The smallest absolute Gasteiger partial charge is 0.303 e. The lowest BCUT2D eigenvalue weighted by Crippen LogP contribution is -2.06. The molecule has 0 heterocycles. The number of rotatable bonds is 7. The number of halogens is 3. The Hall–Kier alpha value is -2.40. The molecule has 0 atom stereocenters. The van der Waals surface area contributed by atoms with E-state index in [-0.39, 0.29) is 19.4 Å². The number of carboxylic acid groups (broad SMARTS) is 1. The topological polar surface area (TPSA) is 46.5 Å². The SMILES string of the molecule is O=C(O)CCc1cc(F)c(OCC2=C(c3ccc(Cl)cc3)CCC2)c(F)c1. The van der Waals surface area contributed by atoms with Gasteiger partial charge < -0.3 is 9.84 Å². The molecule has 3 rings (SSSR count). The second-order valence-corrected chi connectivity index (χ2v) is 6.95. The summed E-state index contributed by atoms with van der Waals surface area (Å²) in [6.07, 6.45) is 2.55. The zero-order valence-electron chi connectivity index (χ0n) is 14.6. The Morgan fingerprint density at radius 2 is 1.78 bits per heavy atom. The second-order valence-electron chi connectivity index (χ2n) is 6.51. The highest BCUT2D eigenvalue weighted by molar-refractivity contribution is 6.30. The van der Waals surface area contributed by atoms with Crippen molar-refractivity contribution in [2.75, 3.05) is 6.61 Å². The molecule has 0 bridgehead atoms. The van der Waals surface area contributed by atoms with Crippen molar-refractivity contribution in [3.05, 3.63) is 69.8 Å². The van der Waals surface area contributed by atoms with Gasteiger partial charge in [0.25, 0.3) is 0 Å². The van der Waals surface area contributed by atoms with Crippen LogP contribution in [-0.4, -0.2) is 17.7 Å². The van der Waals surface area contributed by atoms with E-state index in [1.54, 1.807) is 0 Å². The molecule has 0 fully saturated rings. The summed E-state index contributed by atoms with van der Waals surface area (Å²) in [4.78, 5) is 10.6. The number of benzene rings is 2. The average Bonchev–Trinajstić information content (AvgIpc) is 3.08. The molecule has 0 saturated heterocycles. The standard InChI is InChI=1S/C21H19ClF2O3/c22-16-7-5-14(6-8-16)17-3-1-2-15(17)12-27-21-18(23)10-13(11-19(21)24)4-9-20(25)26/h5-8,10-11H,1-4,9,12H2,(H,25,26). The fourth-order valence-electron chi connectivity index (χ4n) is 3.27. The minimum absolute atomic E-state index is 0.0648. The maximum atomic E-state index is 14.2. The Morgan fingerprint density at radius 1 is 1.11 bits per heavy atom. The van der Waals surface area contributed by atoms with Crippen LogP contribution >= 0.6 is 11.6 Å². The van der Waals surface area contributed by atoms with E-state index in [2.05, 4.69) is 0 Å². The van der Waals surface area contributed by atoms with Crippen LogP contribution in [-0.2, 0) is 11.2 Å². The Kier molecular flexibility index (Phi) is 6.11. The van der Waals surface area contributed by atoms with Crippen LogP contribution in [0, 0.1) is 11.6 Å². The maximum absolute atomic E-state index is 14.2. The monoisotopic (exact) mass is 392 g/mol. The van der Waals surface area contributed by atoms with Gasteiger partial charge in [-0.05, 0) is 72.2 Å². The number of ether oxygens (including phenoxy) is 1. The molecule has 2 aromatic carbocycles. The Labute approximate surface area is 161 Å². The first-order chi connectivity index (χ1) is 12.9. The highest BCUT2D eigenvalue weighted by Crippen LogP contribution is 2.35. The van der Waals surface area contributed by atoms with Crippen LogP contribution in [0.15, 0.2) is 42.0 Å². The summed E-state index contributed by atoms with van der Waals surface area (Å²) in [7, 11) is 0. The van der Waals surface area contributed by atoms with Gasteiger partial charge >= 0.3 is 5.97 Å². The van der Waals surface area contributed by atoms with Crippen LogP contribution in [0.4, 0.5) is 8.78 Å². The van der Waals surface area contributed by atoms with E-state index in [1.165, 1.54) is 0 Å². The van der Waals surface area contributed by atoms with Gasteiger partial charge in [-0.2, -0.15) is 0 Å². The van der Waals surface area contributed by atoms with Crippen LogP contribution in [0.2, 0.25) is 5.02 Å². The van der Waals surface area contributed by atoms with Gasteiger partial charge in [0, 0.05) is 11.4 Å². The minimum Gasteiger partial charge on any atom is -0.483 e. The fourth-order valence-corrected chi connectivity index (χ4v) is 3.40. The number of carbonyl (C=O) groups is 1. The highest BCUT2D eigenvalue weighted by Gasteiger charge is 2.19. The van der Waals surface area contributed by atoms with Crippen LogP contribution in [0.1, 0.15) is 36.8 Å². The number of hydrogen-bond donors (Lipinski definition) is 1. The largest absolute Gasteiger partial charge is 0.483 e. The molecule has 0 amide bonds. The molecule has 27 heavy (non-hydrogen) atoms. The second kappa shape index (κ2) is 8.53. The van der Waals surface area contributed by atoms with E-state index in [9.17, 15) is 13.6 Å². The van der Waals surface area contributed by atoms with Gasteiger partial charge in [-0.3, -0.25) is 4.79 Å². The summed E-state index contributed by atoms with van der Waals surface area (Å²) < 4.78 is 33.9. The number of allylic oxidation sites excluding steroid dienone is 1. The summed E-state index contributed by atoms with van der Waals surface area (Å²) in [6, 6.07) is 9.75. The number of hydrogen-bond acceptors (Lipinski definition) is 2. The first kappa shape index (κ1) is 19.4. The first-order valence-electron chi connectivity index (χ1n) is 8.73. The zero-order valence-corrected chi connectivity index (χ0v) is 15.4. The van der Waals surface area contributed by atoms with Crippen molar-refractivity contribution in [2.45, 2.75) is 32.1 Å². The van der Waals surface area contributed by atoms with Crippen LogP contribution < -0.4 is 4.74 Å². The molecule has 0 spiro atoms. The van der Waals surface area contributed by atoms with Crippen molar-refractivity contribution >= 4 is 23.1 Å². The molecule has 2 aromatic rings. The summed E-state index contributed by atoms with van der Waals surface area (Å²) >= 11 is 5.93. The maximum Gasteiger partial charge on any atom is 0.303 e. The lowest BCUT2D eigenvalue weighted by molar-refractivity contribution is -0.136. The van der Waals surface area contributed by atoms with E-state index in [4.69, 9.17) is 21.4 Å². The summed E-state index contributed by atoms with van der Waals surface area (Å²) in [5.74, 6) is -3.08. The normalized spacial score (nSPS) is 13.9. The molecule has 0 saturated carbocycles. The third kappa shape index (κ3) is 4.86. The van der Waals surface area contributed by atoms with Crippen molar-refractivity contribution in [1.82, 2.24) is 0 Å². The summed E-state index contributed by atoms with van der Waals surface area (Å²) in [5.41, 5.74) is 3.48. The number of aryl methyl sites for hydroxylation is 1. The van der Waals surface area contributed by atoms with Crippen molar-refractivity contribution in [2.24, 2.45) is 0 Å². The highest BCUT2D eigenvalue weighted by atomic mass is 35.5. The van der Waals surface area contributed by atoms with Crippen molar-refractivity contribution in [3.63, 3.8) is 0 Å². The minimum atomic E-state index is -1.01. The Balaban J connectivity index is 1.74. The van der Waals surface area contributed by atoms with Crippen molar-refractivity contribution < 1.29 is 23.4 Å². The van der Waals surface area contributed by atoms with Crippen LogP contribution in [0.3, 0.4) is 0 Å². The first-order valence-corrected chi connectivity index (χ1v) is 9.11. The van der Waals surface area contributed by atoms with Crippen molar-refractivity contribution in [3.8, 4) is 5.75 Å². The van der Waals surface area contributed by atoms with Crippen LogP contribution in [0.5, 0.6) is 5.75 Å². The van der Waals surface area contributed by atoms with Gasteiger partial charge in [0.15, 0.2) is 17.4 Å². The van der Waals surface area contributed by atoms with E-state index >= 15 is 0 Å². The molecule has 142 valence electrons. The number of aliphatic carboxylic acids is 1. The lowest BCUT2D eigenvalue weighted by Gasteiger charge is -2.12. The molecule has 3 nitrogen and oxygen atoms in total. The predicted octanol–water partition coefficient (Wildman–Crippen LogP) is 5.65. The third-order valence-electron chi connectivity index (χ3n) is 4.60. The average molecular weight is 393 g/mol. The van der Waals surface area contributed by atoms with E-state index in [1.807, 2.05) is 24.3 Å². The predicted molar refractivity (Wildman–Crippen MR) is 100 cm³/mol. The van der Waals surface area contributed by atoms with Crippen molar-refractivity contribution in [1.29, 1.82) is 0 Å². The van der Waals surface area contributed by atoms with Gasteiger partial charge in [0.1, 0.15) is 6.61 Å². The molecule has 0 radical (unpaired) electrons. The van der Waals surface area contributed by atoms with Crippen LogP contribution in [0.25, 0.3) is 5.57 Å². The molecule has 6 heteroatoms. The zero-order chi connectivity index (χ0) is 19.4. The third-order valence-corrected chi connectivity index (χ3v) is 4.85. The van der Waals surface area contributed by atoms with E-state index < -0.39 is 23.4 Å². The Morgan fingerprint density at radius 3 is 2.41 bits per heavy atom. The molecule has 1 N–H and O–H groups in total. The number of carboxylic acids is 1. The van der Waals surface area contributed by atoms with E-state index in [0.717, 1.165) is 48.1 Å². The quantitative estimate of drug-likeness (QED) is 0.662. The molecule has 0 aromatic heterocycles. The van der Waals surface area contributed by atoms with Gasteiger partial charge in [-0.25, -0.2) is 8.78 Å². The molecule has 0 unspecified atom stereocenters. The summed E-state index contributed by atoms with van der Waals surface area (Å²) in [5, 5.41) is 9.34. The Bertz CT molecular complexity index is 852. The van der Waals surface area contributed by atoms with Gasteiger partial charge in [-0.15, -0.1) is 0 Å². The van der Waals surface area contributed by atoms with E-state index in [0.29, 0.717) is 10.6 Å². The van der Waals surface area contributed by atoms with Gasteiger partial charge in [0.05, 0.1) is 0 Å². The molecule has 1 aliphatic rings. The van der Waals surface area contributed by atoms with Gasteiger partial charge in [0.2, 0.25) is 0 Å². The molecule has 1 aliphatic carbocycles. The fraction of sp³-hybridized carbons (Fsp3) is 0.286. The molecular formula is C21H19ClF2O3. The summed E-state index contributed by atoms with van der Waals surface area (Å²) in [6.45, 7) is 0.111. The molecular weight excluding hydrogens is 374 g/mol.